The largest absolute Gasteiger partial charge is 0.495 e. The normalized spacial score (nSPS) is 14.6. The van der Waals surface area contributed by atoms with E-state index in [1.807, 2.05) is 66.3 Å². The van der Waals surface area contributed by atoms with E-state index in [0.29, 0.717) is 22.9 Å². The van der Waals surface area contributed by atoms with Gasteiger partial charge in [0.25, 0.3) is 5.91 Å². The van der Waals surface area contributed by atoms with E-state index in [1.165, 1.54) is 0 Å². The Balaban J connectivity index is 1.19. The number of anilines is 2. The lowest BCUT2D eigenvalue weighted by Crippen LogP contribution is -2.47. The summed E-state index contributed by atoms with van der Waals surface area (Å²) in [7, 11) is 5.26. The third-order valence-electron chi connectivity index (χ3n) is 8.33. The number of nitrogens with two attached hydrogens (primary N) is 1. The van der Waals surface area contributed by atoms with Crippen LogP contribution in [-0.2, 0) is 11.8 Å². The van der Waals surface area contributed by atoms with E-state index in [4.69, 9.17) is 15.2 Å². The Labute approximate surface area is 261 Å². The van der Waals surface area contributed by atoms with Crippen molar-refractivity contribution in [3.8, 4) is 16.9 Å². The van der Waals surface area contributed by atoms with Gasteiger partial charge in [0.1, 0.15) is 17.3 Å². The van der Waals surface area contributed by atoms with E-state index in [0.717, 1.165) is 83.6 Å². The van der Waals surface area contributed by atoms with Crippen molar-refractivity contribution >= 4 is 55.8 Å². The summed E-state index contributed by atoms with van der Waals surface area (Å²) in [6, 6.07) is 15.6. The average molecular weight is 611 g/mol. The zero-order chi connectivity index (χ0) is 30.6. The van der Waals surface area contributed by atoms with E-state index < -0.39 is 0 Å². The van der Waals surface area contributed by atoms with E-state index in [1.54, 1.807) is 25.6 Å². The Morgan fingerprint density at radius 3 is 2.66 bits per heavy atom. The number of rotatable bonds is 10. The molecule has 0 spiro atoms. The van der Waals surface area contributed by atoms with Gasteiger partial charge in [-0.25, -0.2) is 4.98 Å². The first-order valence-corrected chi connectivity index (χ1v) is 15.6. The highest BCUT2D eigenvalue weighted by Gasteiger charge is 2.19. The zero-order valence-corrected chi connectivity index (χ0v) is 26.2. The summed E-state index contributed by atoms with van der Waals surface area (Å²) in [6.45, 7) is 6.89. The molecule has 1 amide bonds. The fourth-order valence-corrected chi connectivity index (χ4v) is 6.90. The fraction of sp³-hybridized carbons (Fsp3) is 0.294. The first-order chi connectivity index (χ1) is 21.5. The highest BCUT2D eigenvalue weighted by molar-refractivity contribution is 7.18. The Bertz CT molecular complexity index is 1820. The molecular formula is C34H38N6O3S. The van der Waals surface area contributed by atoms with Crippen LogP contribution in [0.3, 0.4) is 0 Å². The van der Waals surface area contributed by atoms with Gasteiger partial charge >= 0.3 is 0 Å². The Kier molecular flexibility index (Phi) is 8.94. The number of benzene rings is 2. The van der Waals surface area contributed by atoms with E-state index in [2.05, 4.69) is 37.6 Å². The number of para-hydroxylation sites is 1. The van der Waals surface area contributed by atoms with Crippen molar-refractivity contribution in [3.05, 3.63) is 77.4 Å². The molecule has 9 nitrogen and oxygen atoms in total. The number of piperazine rings is 1. The molecule has 0 bridgehead atoms. The van der Waals surface area contributed by atoms with Crippen molar-refractivity contribution in [1.29, 1.82) is 0 Å². The minimum atomic E-state index is -0.200. The van der Waals surface area contributed by atoms with Gasteiger partial charge in [-0.2, -0.15) is 0 Å². The lowest BCUT2D eigenvalue weighted by molar-refractivity contribution is 0.101. The zero-order valence-electron chi connectivity index (χ0n) is 25.4. The van der Waals surface area contributed by atoms with Crippen LogP contribution in [0.25, 0.3) is 38.2 Å². The van der Waals surface area contributed by atoms with Crippen LogP contribution in [-0.4, -0.2) is 85.4 Å². The summed E-state index contributed by atoms with van der Waals surface area (Å²) in [5.74, 6) is 0.861. The molecule has 3 aromatic heterocycles. The molecule has 1 aliphatic heterocycles. The highest BCUT2D eigenvalue weighted by atomic mass is 32.1. The first kappa shape index (κ1) is 29.8. The topological polar surface area (TPSA) is 97.9 Å². The van der Waals surface area contributed by atoms with Gasteiger partial charge in [-0.1, -0.05) is 36.4 Å². The maximum Gasteiger partial charge on any atom is 0.272 e. The van der Waals surface area contributed by atoms with Gasteiger partial charge in [0.15, 0.2) is 0 Å². The Hall–Kier alpha value is -4.22. The number of fused-ring (bicyclic) bond motifs is 2. The Morgan fingerprint density at radius 2 is 1.89 bits per heavy atom. The molecule has 1 fully saturated rings. The molecule has 3 N–H and O–H groups in total. The molecule has 1 aliphatic rings. The first-order valence-electron chi connectivity index (χ1n) is 14.8. The third-order valence-corrected chi connectivity index (χ3v) is 9.36. The maximum absolute atomic E-state index is 13.3. The lowest BCUT2D eigenvalue weighted by atomic mass is 10.0. The van der Waals surface area contributed by atoms with E-state index >= 15 is 0 Å². The number of thiophene rings is 1. The second-order valence-corrected chi connectivity index (χ2v) is 11.9. The number of carbonyl (C=O) groups is 1. The highest BCUT2D eigenvalue weighted by Crippen LogP contribution is 2.41. The third kappa shape index (κ3) is 6.07. The van der Waals surface area contributed by atoms with Crippen LogP contribution in [0.1, 0.15) is 16.1 Å². The second kappa shape index (κ2) is 13.2. The van der Waals surface area contributed by atoms with Gasteiger partial charge in [0.05, 0.1) is 19.4 Å². The van der Waals surface area contributed by atoms with Crippen molar-refractivity contribution in [1.82, 2.24) is 19.4 Å². The molecule has 0 atom stereocenters. The molecule has 10 heteroatoms. The Morgan fingerprint density at radius 1 is 1.09 bits per heavy atom. The number of aryl methyl sites for hydroxylation is 1. The number of pyridine rings is 1. The molecule has 0 aliphatic carbocycles. The summed E-state index contributed by atoms with van der Waals surface area (Å²) < 4.78 is 13.9. The number of nitrogen functional groups attached to an aromatic ring is 1. The molecule has 2 aromatic carbocycles. The van der Waals surface area contributed by atoms with Gasteiger partial charge in [-0.15, -0.1) is 11.3 Å². The van der Waals surface area contributed by atoms with E-state index in [-0.39, 0.29) is 5.91 Å². The molecule has 0 saturated carbocycles. The number of carbonyl (C=O) groups excluding carboxylic acids is 1. The van der Waals surface area contributed by atoms with Crippen LogP contribution in [0.2, 0.25) is 0 Å². The number of hydrogen-bond donors (Lipinski definition) is 2. The monoisotopic (exact) mass is 610 g/mol. The standard InChI is InChI=1S/C34H38N6O3S/c1-38-28-9-5-4-7-24(28)19-29(38)34(41)37-27-11-10-23(20-30(27)43-3)26-22-44-32-25(21-36-33(35)31(26)32)8-6-12-39-13-15-40(16-14-39)17-18-42-2/h4-11,19-22H,12-18H2,1-3H3,(H2,35,36)(H,37,41). The van der Waals surface area contributed by atoms with Gasteiger partial charge in [0, 0.05) is 91.7 Å². The van der Waals surface area contributed by atoms with Crippen molar-refractivity contribution in [2.45, 2.75) is 0 Å². The summed E-state index contributed by atoms with van der Waals surface area (Å²) in [5, 5.41) is 7.09. The fourth-order valence-electron chi connectivity index (χ4n) is 5.82. The SMILES string of the molecule is COCCN1CCN(CC=Cc2cnc(N)c3c(-c4ccc(NC(=O)c5cc6ccccc6n5C)c(OC)c4)csc23)CC1. The minimum absolute atomic E-state index is 0.200. The van der Waals surface area contributed by atoms with Crippen molar-refractivity contribution < 1.29 is 14.3 Å². The number of aromatic nitrogens is 2. The maximum atomic E-state index is 13.3. The number of nitrogens with zero attached hydrogens (tertiary/aromatic N) is 4. The van der Waals surface area contributed by atoms with Gasteiger partial charge < -0.3 is 25.1 Å². The van der Waals surface area contributed by atoms with Crippen LogP contribution in [0, 0.1) is 0 Å². The van der Waals surface area contributed by atoms with Crippen LogP contribution in [0.5, 0.6) is 5.75 Å². The van der Waals surface area contributed by atoms with Crippen LogP contribution in [0.15, 0.2) is 66.2 Å². The number of amides is 1. The van der Waals surface area contributed by atoms with Gasteiger partial charge in [-0.05, 0) is 35.2 Å². The number of nitrogens with one attached hydrogen (secondary N) is 1. The predicted octanol–water partition coefficient (Wildman–Crippen LogP) is 5.58. The minimum Gasteiger partial charge on any atom is -0.495 e. The molecule has 0 radical (unpaired) electrons. The number of methoxy groups -OCH3 is 2. The lowest BCUT2D eigenvalue weighted by Gasteiger charge is -2.33. The summed E-state index contributed by atoms with van der Waals surface area (Å²) in [4.78, 5) is 22.7. The summed E-state index contributed by atoms with van der Waals surface area (Å²) in [6.07, 6.45) is 6.22. The molecule has 0 unspecified atom stereocenters. The van der Waals surface area contributed by atoms with Crippen LogP contribution >= 0.6 is 11.3 Å². The average Bonchev–Trinajstić information content (AvgIpc) is 3.65. The van der Waals surface area contributed by atoms with E-state index in [9.17, 15) is 4.79 Å². The summed E-state index contributed by atoms with van der Waals surface area (Å²) in [5.41, 5.74) is 11.6. The quantitative estimate of drug-likeness (QED) is 0.213. The number of ether oxygens (including phenoxy) is 2. The van der Waals surface area contributed by atoms with Crippen molar-refractivity contribution in [2.24, 2.45) is 7.05 Å². The van der Waals surface area contributed by atoms with Crippen molar-refractivity contribution in [3.63, 3.8) is 0 Å². The molecule has 1 saturated heterocycles. The molecular weight excluding hydrogens is 572 g/mol. The molecule has 6 rings (SSSR count). The second-order valence-electron chi connectivity index (χ2n) is 11.0. The van der Waals surface area contributed by atoms with Crippen LogP contribution < -0.4 is 15.8 Å². The van der Waals surface area contributed by atoms with Gasteiger partial charge in [0.2, 0.25) is 0 Å². The summed E-state index contributed by atoms with van der Waals surface area (Å²) >= 11 is 1.66. The molecule has 44 heavy (non-hydrogen) atoms. The predicted molar refractivity (Wildman–Crippen MR) is 181 cm³/mol. The molecule has 228 valence electrons. The molecule has 5 aromatic rings. The molecule has 4 heterocycles. The smallest absolute Gasteiger partial charge is 0.272 e. The van der Waals surface area contributed by atoms with Gasteiger partial charge in [-0.3, -0.25) is 14.6 Å². The van der Waals surface area contributed by atoms with Crippen molar-refractivity contribution in [2.75, 3.05) is 71.1 Å². The number of hydrogen-bond acceptors (Lipinski definition) is 8. The van der Waals surface area contributed by atoms with Crippen LogP contribution in [0.4, 0.5) is 11.5 Å².